The number of nitrogens with one attached hydrogen (secondary N) is 1. The van der Waals surface area contributed by atoms with Crippen LogP contribution in [0.15, 0.2) is 29.9 Å². The first kappa shape index (κ1) is 10.1. The molecule has 3 nitrogen and oxygen atoms in total. The van der Waals surface area contributed by atoms with Crippen LogP contribution < -0.4 is 5.32 Å². The molecule has 0 fully saturated rings. The van der Waals surface area contributed by atoms with Gasteiger partial charge in [-0.1, -0.05) is 13.8 Å². The van der Waals surface area contributed by atoms with Crippen LogP contribution in [0.4, 0.5) is 10.8 Å². The summed E-state index contributed by atoms with van der Waals surface area (Å²) in [5, 5.41) is 6.23. The lowest BCUT2D eigenvalue weighted by Crippen LogP contribution is -1.91. The zero-order valence-electron chi connectivity index (χ0n) is 8.77. The minimum absolute atomic E-state index is 0.477. The summed E-state index contributed by atoms with van der Waals surface area (Å²) < 4.78 is 0. The maximum atomic E-state index is 4.48. The predicted octanol–water partition coefficient (Wildman–Crippen LogP) is 3.41. The molecule has 0 amide bonds. The molecule has 2 aromatic heterocycles. The van der Waals surface area contributed by atoms with Crippen LogP contribution in [0.3, 0.4) is 0 Å². The Morgan fingerprint density at radius 2 is 2.27 bits per heavy atom. The van der Waals surface area contributed by atoms with Gasteiger partial charge in [-0.15, -0.1) is 11.3 Å². The van der Waals surface area contributed by atoms with Gasteiger partial charge in [-0.3, -0.25) is 4.98 Å². The normalized spacial score (nSPS) is 10.6. The molecule has 15 heavy (non-hydrogen) atoms. The molecule has 1 N–H and O–H groups in total. The van der Waals surface area contributed by atoms with Gasteiger partial charge in [0.25, 0.3) is 0 Å². The van der Waals surface area contributed by atoms with Gasteiger partial charge in [-0.05, 0) is 18.1 Å². The molecule has 0 radical (unpaired) electrons. The molecule has 0 aromatic carbocycles. The van der Waals surface area contributed by atoms with E-state index in [2.05, 4.69) is 34.5 Å². The van der Waals surface area contributed by atoms with Gasteiger partial charge >= 0.3 is 0 Å². The molecule has 2 heterocycles. The maximum absolute atomic E-state index is 4.48. The molecule has 0 aliphatic heterocycles. The summed E-state index contributed by atoms with van der Waals surface area (Å²) in [6, 6.07) is 3.88. The minimum atomic E-state index is 0.477. The molecule has 0 unspecified atom stereocenters. The Labute approximate surface area is 93.2 Å². The number of thiazole rings is 1. The average Bonchev–Trinajstić information content (AvgIpc) is 2.68. The quantitative estimate of drug-likeness (QED) is 0.859. The second kappa shape index (κ2) is 4.40. The molecule has 78 valence electrons. The first-order valence-corrected chi connectivity index (χ1v) is 5.76. The van der Waals surface area contributed by atoms with Crippen LogP contribution in [0.25, 0.3) is 0 Å². The number of aromatic nitrogens is 2. The van der Waals surface area contributed by atoms with E-state index in [1.807, 2.05) is 12.1 Å². The van der Waals surface area contributed by atoms with Gasteiger partial charge in [-0.2, -0.15) is 0 Å². The Morgan fingerprint density at radius 3 is 2.87 bits per heavy atom. The van der Waals surface area contributed by atoms with Crippen LogP contribution in [0.1, 0.15) is 25.5 Å². The Bertz CT molecular complexity index is 422. The van der Waals surface area contributed by atoms with E-state index >= 15 is 0 Å². The predicted molar refractivity (Wildman–Crippen MR) is 63.7 cm³/mol. The second-order valence-electron chi connectivity index (χ2n) is 3.60. The minimum Gasteiger partial charge on any atom is -0.330 e. The fraction of sp³-hybridized carbons (Fsp3) is 0.273. The smallest absolute Gasteiger partial charge is 0.187 e. The standard InChI is InChI=1S/C11H13N3S/c1-8(2)10-7-15-11(14-10)13-9-4-3-5-12-6-9/h3-8H,1-2H3,(H,13,14). The van der Waals surface area contributed by atoms with Crippen molar-refractivity contribution in [3.8, 4) is 0 Å². The molecule has 0 aliphatic carbocycles. The van der Waals surface area contributed by atoms with Crippen LogP contribution in [0, 0.1) is 0 Å². The Kier molecular flexibility index (Phi) is 2.97. The third-order valence-electron chi connectivity index (χ3n) is 2.03. The molecule has 4 heteroatoms. The van der Waals surface area contributed by atoms with Crippen molar-refractivity contribution < 1.29 is 0 Å². The lowest BCUT2D eigenvalue weighted by atomic mass is 10.2. The number of hydrogen-bond donors (Lipinski definition) is 1. The number of rotatable bonds is 3. The van der Waals surface area contributed by atoms with E-state index in [-0.39, 0.29) is 0 Å². The van der Waals surface area contributed by atoms with E-state index in [1.54, 1.807) is 23.7 Å². The summed E-state index contributed by atoms with van der Waals surface area (Å²) in [7, 11) is 0. The molecular formula is C11H13N3S. The highest BCUT2D eigenvalue weighted by molar-refractivity contribution is 7.13. The van der Waals surface area contributed by atoms with Crippen molar-refractivity contribution in [1.82, 2.24) is 9.97 Å². The molecule has 0 saturated carbocycles. The van der Waals surface area contributed by atoms with Crippen molar-refractivity contribution in [3.63, 3.8) is 0 Å². The monoisotopic (exact) mass is 219 g/mol. The molecule has 0 saturated heterocycles. The first-order valence-electron chi connectivity index (χ1n) is 4.88. The molecule has 0 aliphatic rings. The molecular weight excluding hydrogens is 206 g/mol. The Balaban J connectivity index is 2.12. The van der Waals surface area contributed by atoms with Crippen LogP contribution in [0.2, 0.25) is 0 Å². The summed E-state index contributed by atoms with van der Waals surface area (Å²) in [6.45, 7) is 4.28. The lowest BCUT2D eigenvalue weighted by molar-refractivity contribution is 0.834. The highest BCUT2D eigenvalue weighted by Gasteiger charge is 2.05. The van der Waals surface area contributed by atoms with Crippen LogP contribution in [0.5, 0.6) is 0 Å². The van der Waals surface area contributed by atoms with Crippen LogP contribution >= 0.6 is 11.3 Å². The van der Waals surface area contributed by atoms with E-state index in [0.29, 0.717) is 5.92 Å². The van der Waals surface area contributed by atoms with Gasteiger partial charge in [0.05, 0.1) is 17.6 Å². The van der Waals surface area contributed by atoms with Crippen LogP contribution in [-0.2, 0) is 0 Å². The highest BCUT2D eigenvalue weighted by Crippen LogP contribution is 2.23. The van der Waals surface area contributed by atoms with Gasteiger partial charge in [0.15, 0.2) is 5.13 Å². The lowest BCUT2D eigenvalue weighted by Gasteiger charge is -2.01. The third-order valence-corrected chi connectivity index (χ3v) is 2.80. The highest BCUT2D eigenvalue weighted by atomic mass is 32.1. The largest absolute Gasteiger partial charge is 0.330 e. The summed E-state index contributed by atoms with van der Waals surface area (Å²) in [5.41, 5.74) is 2.11. The van der Waals surface area contributed by atoms with E-state index in [4.69, 9.17) is 0 Å². The maximum Gasteiger partial charge on any atom is 0.187 e. The van der Waals surface area contributed by atoms with E-state index in [1.165, 1.54) is 0 Å². The SMILES string of the molecule is CC(C)c1csc(Nc2cccnc2)n1. The van der Waals surface area contributed by atoms with E-state index < -0.39 is 0 Å². The Morgan fingerprint density at radius 1 is 1.40 bits per heavy atom. The van der Waals surface area contributed by atoms with Crippen molar-refractivity contribution in [1.29, 1.82) is 0 Å². The fourth-order valence-corrected chi connectivity index (χ4v) is 2.06. The molecule has 0 bridgehead atoms. The van der Waals surface area contributed by atoms with Gasteiger partial charge in [0.2, 0.25) is 0 Å². The summed E-state index contributed by atoms with van der Waals surface area (Å²) >= 11 is 1.62. The molecule has 0 atom stereocenters. The first-order chi connectivity index (χ1) is 7.25. The number of anilines is 2. The third kappa shape index (κ3) is 2.53. The molecule has 2 aromatic rings. The summed E-state index contributed by atoms with van der Waals surface area (Å²) in [5.74, 6) is 0.477. The van der Waals surface area contributed by atoms with Gasteiger partial charge < -0.3 is 5.32 Å². The van der Waals surface area contributed by atoms with Crippen molar-refractivity contribution >= 4 is 22.2 Å². The summed E-state index contributed by atoms with van der Waals surface area (Å²) in [6.07, 6.45) is 3.54. The van der Waals surface area contributed by atoms with E-state index in [9.17, 15) is 0 Å². The Hall–Kier alpha value is -1.42. The summed E-state index contributed by atoms with van der Waals surface area (Å²) in [4.78, 5) is 8.52. The van der Waals surface area contributed by atoms with Crippen molar-refractivity contribution in [2.75, 3.05) is 5.32 Å². The van der Waals surface area contributed by atoms with Crippen LogP contribution in [-0.4, -0.2) is 9.97 Å². The van der Waals surface area contributed by atoms with E-state index in [0.717, 1.165) is 16.5 Å². The average molecular weight is 219 g/mol. The van der Waals surface area contributed by atoms with Crippen molar-refractivity contribution in [2.45, 2.75) is 19.8 Å². The van der Waals surface area contributed by atoms with Gasteiger partial charge in [0.1, 0.15) is 0 Å². The van der Waals surface area contributed by atoms with Crippen molar-refractivity contribution in [3.05, 3.63) is 35.6 Å². The second-order valence-corrected chi connectivity index (χ2v) is 4.46. The van der Waals surface area contributed by atoms with Gasteiger partial charge in [0, 0.05) is 11.6 Å². The number of pyridine rings is 1. The topological polar surface area (TPSA) is 37.8 Å². The number of hydrogen-bond acceptors (Lipinski definition) is 4. The molecule has 2 rings (SSSR count). The fourth-order valence-electron chi connectivity index (χ4n) is 1.17. The number of nitrogens with zero attached hydrogens (tertiary/aromatic N) is 2. The molecule has 0 spiro atoms. The van der Waals surface area contributed by atoms with Gasteiger partial charge in [-0.25, -0.2) is 4.98 Å². The van der Waals surface area contributed by atoms with Crippen molar-refractivity contribution in [2.24, 2.45) is 0 Å². The zero-order valence-corrected chi connectivity index (χ0v) is 9.58. The zero-order chi connectivity index (χ0) is 10.7.